The third-order valence-corrected chi connectivity index (χ3v) is 4.39. The number of likely N-dealkylation sites (tertiary alicyclic amines) is 1. The normalized spacial score (nSPS) is 28.5. The van der Waals surface area contributed by atoms with Crippen molar-refractivity contribution in [3.8, 4) is 0 Å². The zero-order valence-electron chi connectivity index (χ0n) is 8.03. The quantitative estimate of drug-likeness (QED) is 0.895. The average Bonchev–Trinajstić information content (AvgIpc) is 2.73. The minimum Gasteiger partial charge on any atom is -0.381 e. The molecule has 5 heteroatoms. The standard InChI is InChI=1S/C9H13BrN2OS/c1-2-12-4-3-9(13,6-12)8-11-7(10)5-14-8/h5,13H,2-4,6H2,1H3. The smallest absolute Gasteiger partial charge is 0.130 e. The molecule has 0 aromatic carbocycles. The van der Waals surface area contributed by atoms with Crippen LogP contribution >= 0.6 is 27.3 Å². The molecule has 2 rings (SSSR count). The van der Waals surface area contributed by atoms with Crippen LogP contribution in [-0.4, -0.2) is 34.6 Å². The maximum atomic E-state index is 10.4. The number of likely N-dealkylation sites (N-methyl/N-ethyl adjacent to an activating group) is 1. The highest BCUT2D eigenvalue weighted by atomic mass is 79.9. The van der Waals surface area contributed by atoms with Gasteiger partial charge < -0.3 is 10.0 Å². The molecule has 1 aliphatic rings. The van der Waals surface area contributed by atoms with Crippen molar-refractivity contribution in [3.05, 3.63) is 15.0 Å². The van der Waals surface area contributed by atoms with Crippen LogP contribution in [-0.2, 0) is 5.60 Å². The minimum absolute atomic E-state index is 0.712. The second kappa shape index (κ2) is 3.89. The zero-order chi connectivity index (χ0) is 10.2. The molecule has 2 heterocycles. The van der Waals surface area contributed by atoms with Gasteiger partial charge in [0.05, 0.1) is 0 Å². The summed E-state index contributed by atoms with van der Waals surface area (Å²) in [5.74, 6) is 0. The molecule has 0 radical (unpaired) electrons. The summed E-state index contributed by atoms with van der Waals surface area (Å²) < 4.78 is 0.820. The number of aromatic nitrogens is 1. The zero-order valence-corrected chi connectivity index (χ0v) is 10.4. The molecule has 1 aromatic heterocycles. The van der Waals surface area contributed by atoms with Gasteiger partial charge in [-0.15, -0.1) is 11.3 Å². The summed E-state index contributed by atoms with van der Waals surface area (Å²) in [6, 6.07) is 0. The molecule has 1 aromatic rings. The van der Waals surface area contributed by atoms with Crippen LogP contribution in [0.3, 0.4) is 0 Å². The second-order valence-electron chi connectivity index (χ2n) is 3.63. The molecule has 1 fully saturated rings. The Labute approximate surface area is 95.9 Å². The van der Waals surface area contributed by atoms with E-state index in [1.165, 1.54) is 11.3 Å². The number of aliphatic hydroxyl groups is 1. The van der Waals surface area contributed by atoms with Gasteiger partial charge in [0, 0.05) is 18.5 Å². The third kappa shape index (κ3) is 1.86. The van der Waals surface area contributed by atoms with Crippen molar-refractivity contribution < 1.29 is 5.11 Å². The van der Waals surface area contributed by atoms with Crippen molar-refractivity contribution in [2.75, 3.05) is 19.6 Å². The van der Waals surface area contributed by atoms with Gasteiger partial charge in [0.1, 0.15) is 15.2 Å². The number of rotatable bonds is 2. The minimum atomic E-state index is -0.716. The maximum absolute atomic E-state index is 10.4. The Kier molecular flexibility index (Phi) is 2.93. The largest absolute Gasteiger partial charge is 0.381 e. The third-order valence-electron chi connectivity index (χ3n) is 2.65. The first-order valence-corrected chi connectivity index (χ1v) is 6.37. The average molecular weight is 277 g/mol. The van der Waals surface area contributed by atoms with Crippen LogP contribution in [0.4, 0.5) is 0 Å². The number of hydrogen-bond donors (Lipinski definition) is 1. The molecule has 1 N–H and O–H groups in total. The second-order valence-corrected chi connectivity index (χ2v) is 5.30. The Hall–Kier alpha value is 0.0300. The summed E-state index contributed by atoms with van der Waals surface area (Å²) in [4.78, 5) is 6.54. The van der Waals surface area contributed by atoms with Crippen molar-refractivity contribution in [2.45, 2.75) is 18.9 Å². The number of β-amino-alcohol motifs (C(OH)–C–C–N with tert-alkyl or cyclic N) is 1. The topological polar surface area (TPSA) is 36.4 Å². The summed E-state index contributed by atoms with van der Waals surface area (Å²) in [6.45, 7) is 4.78. The van der Waals surface area contributed by atoms with Crippen LogP contribution in [0.2, 0.25) is 0 Å². The Morgan fingerprint density at radius 1 is 1.79 bits per heavy atom. The summed E-state index contributed by atoms with van der Waals surface area (Å²) in [5, 5.41) is 13.1. The van der Waals surface area contributed by atoms with Gasteiger partial charge in [-0.2, -0.15) is 0 Å². The summed E-state index contributed by atoms with van der Waals surface area (Å²) >= 11 is 4.83. The molecular weight excluding hydrogens is 264 g/mol. The van der Waals surface area contributed by atoms with E-state index >= 15 is 0 Å². The van der Waals surface area contributed by atoms with E-state index in [1.54, 1.807) is 0 Å². The van der Waals surface area contributed by atoms with E-state index in [2.05, 4.69) is 32.7 Å². The molecule has 3 nitrogen and oxygen atoms in total. The van der Waals surface area contributed by atoms with Gasteiger partial charge in [0.2, 0.25) is 0 Å². The molecule has 14 heavy (non-hydrogen) atoms. The molecular formula is C9H13BrN2OS. The van der Waals surface area contributed by atoms with Crippen LogP contribution in [0.5, 0.6) is 0 Å². The van der Waals surface area contributed by atoms with Crippen LogP contribution in [0.1, 0.15) is 18.4 Å². The van der Waals surface area contributed by atoms with Gasteiger partial charge in [-0.1, -0.05) is 6.92 Å². The molecule has 0 aliphatic carbocycles. The van der Waals surface area contributed by atoms with Gasteiger partial charge in [0.15, 0.2) is 0 Å². The predicted molar refractivity (Wildman–Crippen MR) is 60.4 cm³/mol. The first-order valence-electron chi connectivity index (χ1n) is 4.70. The highest BCUT2D eigenvalue weighted by Crippen LogP contribution is 2.34. The van der Waals surface area contributed by atoms with Gasteiger partial charge >= 0.3 is 0 Å². The van der Waals surface area contributed by atoms with Gasteiger partial charge in [-0.3, -0.25) is 0 Å². The lowest BCUT2D eigenvalue weighted by atomic mass is 10.1. The van der Waals surface area contributed by atoms with Crippen molar-refractivity contribution in [3.63, 3.8) is 0 Å². The molecule has 1 unspecified atom stereocenters. The molecule has 0 bridgehead atoms. The van der Waals surface area contributed by atoms with Crippen molar-refractivity contribution in [1.82, 2.24) is 9.88 Å². The fraction of sp³-hybridized carbons (Fsp3) is 0.667. The van der Waals surface area contributed by atoms with Crippen LogP contribution in [0.15, 0.2) is 9.98 Å². The number of nitrogens with zero attached hydrogens (tertiary/aromatic N) is 2. The van der Waals surface area contributed by atoms with Crippen LogP contribution in [0.25, 0.3) is 0 Å². The first kappa shape index (κ1) is 10.5. The monoisotopic (exact) mass is 276 g/mol. The predicted octanol–water partition coefficient (Wildman–Crippen LogP) is 1.82. The van der Waals surface area contributed by atoms with Gasteiger partial charge in [-0.25, -0.2) is 4.98 Å². The highest BCUT2D eigenvalue weighted by Gasteiger charge is 2.39. The number of halogens is 1. The first-order chi connectivity index (χ1) is 6.64. The lowest BCUT2D eigenvalue weighted by molar-refractivity contribution is 0.0464. The number of thiazole rings is 1. The van der Waals surface area contributed by atoms with Crippen molar-refractivity contribution in [1.29, 1.82) is 0 Å². The fourth-order valence-electron chi connectivity index (χ4n) is 1.78. The Morgan fingerprint density at radius 2 is 2.57 bits per heavy atom. The van der Waals surface area contributed by atoms with E-state index in [0.29, 0.717) is 6.54 Å². The van der Waals surface area contributed by atoms with E-state index in [9.17, 15) is 5.11 Å². The number of hydrogen-bond acceptors (Lipinski definition) is 4. The van der Waals surface area contributed by atoms with E-state index in [0.717, 1.165) is 29.1 Å². The Bertz CT molecular complexity index is 330. The van der Waals surface area contributed by atoms with Gasteiger partial charge in [-0.05, 0) is 28.9 Å². The Morgan fingerprint density at radius 3 is 3.07 bits per heavy atom. The van der Waals surface area contributed by atoms with Crippen molar-refractivity contribution >= 4 is 27.3 Å². The van der Waals surface area contributed by atoms with Crippen LogP contribution < -0.4 is 0 Å². The van der Waals surface area contributed by atoms with E-state index in [4.69, 9.17) is 0 Å². The lowest BCUT2D eigenvalue weighted by Crippen LogP contribution is -2.30. The fourth-order valence-corrected chi connectivity index (χ4v) is 3.16. The molecule has 0 amide bonds. The lowest BCUT2D eigenvalue weighted by Gasteiger charge is -2.20. The van der Waals surface area contributed by atoms with E-state index in [-0.39, 0.29) is 0 Å². The molecule has 1 aliphatic heterocycles. The molecule has 0 saturated carbocycles. The Balaban J connectivity index is 2.18. The molecule has 1 atom stereocenters. The van der Waals surface area contributed by atoms with E-state index in [1.807, 2.05) is 5.38 Å². The summed E-state index contributed by atoms with van der Waals surface area (Å²) in [7, 11) is 0. The van der Waals surface area contributed by atoms with E-state index < -0.39 is 5.60 Å². The SMILES string of the molecule is CCN1CCC(O)(c2nc(Br)cs2)C1. The molecule has 1 saturated heterocycles. The summed E-state index contributed by atoms with van der Waals surface area (Å²) in [5.41, 5.74) is -0.716. The molecule has 0 spiro atoms. The molecule has 78 valence electrons. The van der Waals surface area contributed by atoms with Crippen LogP contribution in [0, 0.1) is 0 Å². The summed E-state index contributed by atoms with van der Waals surface area (Å²) in [6.07, 6.45) is 0.792. The maximum Gasteiger partial charge on any atom is 0.130 e. The van der Waals surface area contributed by atoms with Gasteiger partial charge in [0.25, 0.3) is 0 Å². The highest BCUT2D eigenvalue weighted by molar-refractivity contribution is 9.10. The van der Waals surface area contributed by atoms with Crippen molar-refractivity contribution in [2.24, 2.45) is 0 Å².